The van der Waals surface area contributed by atoms with Gasteiger partial charge in [0.25, 0.3) is 0 Å². The molecule has 0 nitrogen and oxygen atoms in total. The van der Waals surface area contributed by atoms with Gasteiger partial charge in [0.05, 0.1) is 0 Å². The standard InChI is InChI=1S/C7H9Cl/c1-3-4-5-6-7(2)8/h5-7H,1-2H3. The number of hydrogen-bond acceptors (Lipinski definition) is 0. The molecule has 0 spiro atoms. The van der Waals surface area contributed by atoms with E-state index >= 15 is 0 Å². The van der Waals surface area contributed by atoms with Crippen molar-refractivity contribution in [1.82, 2.24) is 0 Å². The van der Waals surface area contributed by atoms with Gasteiger partial charge in [0.1, 0.15) is 0 Å². The summed E-state index contributed by atoms with van der Waals surface area (Å²) in [5, 5.41) is 0.0934. The van der Waals surface area contributed by atoms with Crippen molar-refractivity contribution in [3.05, 3.63) is 12.2 Å². The first-order chi connectivity index (χ1) is 3.77. The van der Waals surface area contributed by atoms with Gasteiger partial charge in [-0.05, 0) is 19.9 Å². The average Bonchev–Trinajstić information content (AvgIpc) is 1.66. The fraction of sp³-hybridized carbons (Fsp3) is 0.429. The lowest BCUT2D eigenvalue weighted by Gasteiger charge is -1.84. The molecule has 1 unspecified atom stereocenters. The van der Waals surface area contributed by atoms with Crippen molar-refractivity contribution in [2.75, 3.05) is 0 Å². The molecule has 0 radical (unpaired) electrons. The van der Waals surface area contributed by atoms with E-state index in [0.29, 0.717) is 0 Å². The van der Waals surface area contributed by atoms with Crippen LogP contribution in [0.25, 0.3) is 0 Å². The molecule has 0 aromatic rings. The zero-order chi connectivity index (χ0) is 6.41. The lowest BCUT2D eigenvalue weighted by molar-refractivity contribution is 1.23. The molecule has 0 rings (SSSR count). The summed E-state index contributed by atoms with van der Waals surface area (Å²) in [7, 11) is 0. The van der Waals surface area contributed by atoms with Crippen LogP contribution in [0.5, 0.6) is 0 Å². The van der Waals surface area contributed by atoms with Gasteiger partial charge in [0.2, 0.25) is 0 Å². The summed E-state index contributed by atoms with van der Waals surface area (Å²) >= 11 is 5.56. The topological polar surface area (TPSA) is 0 Å². The second-order valence-corrected chi connectivity index (χ2v) is 2.12. The number of hydrogen-bond donors (Lipinski definition) is 0. The Morgan fingerprint density at radius 2 is 2.25 bits per heavy atom. The van der Waals surface area contributed by atoms with Gasteiger partial charge in [-0.2, -0.15) is 0 Å². The largest absolute Gasteiger partial charge is 0.119 e. The molecule has 0 bridgehead atoms. The quantitative estimate of drug-likeness (QED) is 0.375. The van der Waals surface area contributed by atoms with Gasteiger partial charge < -0.3 is 0 Å². The third kappa shape index (κ3) is 5.59. The van der Waals surface area contributed by atoms with Gasteiger partial charge >= 0.3 is 0 Å². The smallest absolute Gasteiger partial charge is 0.0496 e. The summed E-state index contributed by atoms with van der Waals surface area (Å²) in [5.41, 5.74) is 0. The van der Waals surface area contributed by atoms with Crippen molar-refractivity contribution >= 4 is 11.6 Å². The van der Waals surface area contributed by atoms with Gasteiger partial charge in [-0.25, -0.2) is 0 Å². The van der Waals surface area contributed by atoms with E-state index in [2.05, 4.69) is 11.8 Å². The Morgan fingerprint density at radius 3 is 2.62 bits per heavy atom. The van der Waals surface area contributed by atoms with Crippen molar-refractivity contribution in [3.63, 3.8) is 0 Å². The van der Waals surface area contributed by atoms with Crippen molar-refractivity contribution in [1.29, 1.82) is 0 Å². The van der Waals surface area contributed by atoms with Crippen molar-refractivity contribution in [2.45, 2.75) is 19.2 Å². The molecule has 0 aliphatic carbocycles. The van der Waals surface area contributed by atoms with E-state index in [4.69, 9.17) is 11.6 Å². The normalized spacial score (nSPS) is 12.9. The Labute approximate surface area is 55.5 Å². The van der Waals surface area contributed by atoms with E-state index in [1.165, 1.54) is 0 Å². The predicted octanol–water partition coefficient (Wildman–Crippen LogP) is 2.19. The number of rotatable bonds is 1. The van der Waals surface area contributed by atoms with Crippen molar-refractivity contribution < 1.29 is 0 Å². The zero-order valence-corrected chi connectivity index (χ0v) is 5.87. The third-order valence-electron chi connectivity index (χ3n) is 0.589. The van der Waals surface area contributed by atoms with Gasteiger partial charge in [0, 0.05) is 5.38 Å². The lowest BCUT2D eigenvalue weighted by atomic mass is 10.4. The summed E-state index contributed by atoms with van der Waals surface area (Å²) in [6, 6.07) is 0. The molecular formula is C7H9Cl. The van der Waals surface area contributed by atoms with Crippen LogP contribution in [0.15, 0.2) is 12.2 Å². The van der Waals surface area contributed by atoms with E-state index in [1.807, 2.05) is 13.0 Å². The molecule has 1 heteroatoms. The summed E-state index contributed by atoms with van der Waals surface area (Å²) in [6.45, 7) is 3.69. The molecule has 1 atom stereocenters. The van der Waals surface area contributed by atoms with Gasteiger partial charge in [-0.15, -0.1) is 17.5 Å². The van der Waals surface area contributed by atoms with Gasteiger partial charge in [-0.1, -0.05) is 12.0 Å². The SMILES string of the molecule is CC#CC=CC(C)Cl. The fourth-order valence-electron chi connectivity index (χ4n) is 0.264. The minimum atomic E-state index is 0.0934. The maximum absolute atomic E-state index is 5.56. The number of halogens is 1. The van der Waals surface area contributed by atoms with Gasteiger partial charge in [-0.3, -0.25) is 0 Å². The highest BCUT2D eigenvalue weighted by Crippen LogP contribution is 1.92. The Morgan fingerprint density at radius 1 is 1.62 bits per heavy atom. The summed E-state index contributed by atoms with van der Waals surface area (Å²) in [5.74, 6) is 5.49. The molecular weight excluding hydrogens is 120 g/mol. The van der Waals surface area contributed by atoms with Crippen LogP contribution in [-0.2, 0) is 0 Å². The van der Waals surface area contributed by atoms with Crippen LogP contribution >= 0.6 is 11.6 Å². The van der Waals surface area contributed by atoms with Crippen LogP contribution in [-0.4, -0.2) is 5.38 Å². The molecule has 0 amide bonds. The monoisotopic (exact) mass is 128 g/mol. The highest BCUT2D eigenvalue weighted by Gasteiger charge is 1.81. The van der Waals surface area contributed by atoms with Crippen LogP contribution in [0.2, 0.25) is 0 Å². The summed E-state index contributed by atoms with van der Waals surface area (Å²) < 4.78 is 0. The molecule has 8 heavy (non-hydrogen) atoms. The number of alkyl halides is 1. The van der Waals surface area contributed by atoms with Crippen molar-refractivity contribution in [2.24, 2.45) is 0 Å². The highest BCUT2D eigenvalue weighted by atomic mass is 35.5. The van der Waals surface area contributed by atoms with Crippen LogP contribution in [0, 0.1) is 11.8 Å². The maximum Gasteiger partial charge on any atom is 0.0496 e. The minimum absolute atomic E-state index is 0.0934. The molecule has 0 N–H and O–H groups in total. The first kappa shape index (κ1) is 7.59. The summed E-state index contributed by atoms with van der Waals surface area (Å²) in [6.07, 6.45) is 3.61. The Balaban J connectivity index is 3.45. The Kier molecular flexibility index (Phi) is 4.50. The fourth-order valence-corrected chi connectivity index (χ4v) is 0.337. The molecule has 0 heterocycles. The molecule has 44 valence electrons. The molecule has 0 aliphatic rings. The molecule has 0 saturated heterocycles. The second-order valence-electron chi connectivity index (χ2n) is 1.43. The molecule has 0 aromatic heterocycles. The second kappa shape index (κ2) is 4.74. The molecule has 0 aromatic carbocycles. The number of allylic oxidation sites excluding steroid dienone is 2. The van der Waals surface area contributed by atoms with E-state index in [1.54, 1.807) is 13.0 Å². The molecule has 0 fully saturated rings. The van der Waals surface area contributed by atoms with Crippen molar-refractivity contribution in [3.8, 4) is 11.8 Å². The first-order valence-electron chi connectivity index (χ1n) is 2.50. The van der Waals surface area contributed by atoms with E-state index < -0.39 is 0 Å². The molecule has 0 aliphatic heterocycles. The van der Waals surface area contributed by atoms with Crippen LogP contribution in [0.1, 0.15) is 13.8 Å². The summed E-state index contributed by atoms with van der Waals surface area (Å²) in [4.78, 5) is 0. The minimum Gasteiger partial charge on any atom is -0.119 e. The van der Waals surface area contributed by atoms with Crippen LogP contribution in [0.3, 0.4) is 0 Å². The Bertz CT molecular complexity index is 123. The zero-order valence-electron chi connectivity index (χ0n) is 5.11. The van der Waals surface area contributed by atoms with E-state index in [9.17, 15) is 0 Å². The van der Waals surface area contributed by atoms with Crippen LogP contribution < -0.4 is 0 Å². The lowest BCUT2D eigenvalue weighted by Crippen LogP contribution is -1.78. The first-order valence-corrected chi connectivity index (χ1v) is 2.94. The van der Waals surface area contributed by atoms with E-state index in [0.717, 1.165) is 0 Å². The predicted molar refractivity (Wildman–Crippen MR) is 37.9 cm³/mol. The highest BCUT2D eigenvalue weighted by molar-refractivity contribution is 6.21. The maximum atomic E-state index is 5.56. The third-order valence-corrected chi connectivity index (χ3v) is 0.735. The van der Waals surface area contributed by atoms with E-state index in [-0.39, 0.29) is 5.38 Å². The Hall–Kier alpha value is -0.410. The molecule has 0 saturated carbocycles. The van der Waals surface area contributed by atoms with Crippen LogP contribution in [0.4, 0.5) is 0 Å². The average molecular weight is 129 g/mol. The van der Waals surface area contributed by atoms with Gasteiger partial charge in [0.15, 0.2) is 0 Å².